The first-order chi connectivity index (χ1) is 6.84. The molecular weight excluding hydrogens is 184 g/mol. The number of aromatic nitrogens is 3. The molecule has 1 aromatic rings. The summed E-state index contributed by atoms with van der Waals surface area (Å²) < 4.78 is 5.20. The number of morpholine rings is 1. The fourth-order valence-electron chi connectivity index (χ4n) is 1.18. The quantitative estimate of drug-likeness (QED) is 0.634. The third-order valence-electron chi connectivity index (χ3n) is 1.86. The maximum Gasteiger partial charge on any atom is 0.242 e. The van der Waals surface area contributed by atoms with E-state index in [4.69, 9.17) is 10.5 Å². The summed E-state index contributed by atoms with van der Waals surface area (Å²) in [7, 11) is 0. The van der Waals surface area contributed by atoms with Crippen molar-refractivity contribution in [1.29, 1.82) is 0 Å². The van der Waals surface area contributed by atoms with E-state index >= 15 is 0 Å². The molecule has 0 saturated carbocycles. The molecule has 2 heterocycles. The Morgan fingerprint density at radius 3 is 2.86 bits per heavy atom. The minimum Gasteiger partial charge on any atom is -0.379 e. The topological polar surface area (TPSA) is 89.2 Å². The van der Waals surface area contributed by atoms with Crippen LogP contribution in [-0.2, 0) is 4.74 Å². The van der Waals surface area contributed by atoms with Crippen LogP contribution >= 0.6 is 0 Å². The summed E-state index contributed by atoms with van der Waals surface area (Å²) in [6.07, 6.45) is 1.38. The molecule has 0 bridgehead atoms. The first-order valence-electron chi connectivity index (χ1n) is 4.38. The second-order valence-electron chi connectivity index (χ2n) is 2.88. The Bertz CT molecular complexity index is 300. The SMILES string of the molecule is Nc1ncnc(NN2CCOCC2)n1. The highest BCUT2D eigenvalue weighted by Crippen LogP contribution is 2.02. The summed E-state index contributed by atoms with van der Waals surface area (Å²) in [5.74, 6) is 0.690. The second kappa shape index (κ2) is 4.16. The first kappa shape index (κ1) is 9.10. The highest BCUT2D eigenvalue weighted by atomic mass is 16.5. The van der Waals surface area contributed by atoms with Gasteiger partial charge in [-0.25, -0.2) is 15.0 Å². The van der Waals surface area contributed by atoms with E-state index in [9.17, 15) is 0 Å². The normalized spacial score (nSPS) is 18.0. The number of hydrazine groups is 1. The number of rotatable bonds is 2. The van der Waals surface area contributed by atoms with E-state index in [0.29, 0.717) is 19.2 Å². The number of nitrogens with zero attached hydrogens (tertiary/aromatic N) is 4. The van der Waals surface area contributed by atoms with Crippen molar-refractivity contribution in [3.63, 3.8) is 0 Å². The lowest BCUT2D eigenvalue weighted by Gasteiger charge is -2.26. The molecule has 0 aromatic carbocycles. The van der Waals surface area contributed by atoms with Crippen molar-refractivity contribution in [2.75, 3.05) is 37.5 Å². The lowest BCUT2D eigenvalue weighted by molar-refractivity contribution is 0.0492. The zero-order chi connectivity index (χ0) is 9.80. The van der Waals surface area contributed by atoms with Crippen LogP contribution in [0.2, 0.25) is 0 Å². The predicted molar refractivity (Wildman–Crippen MR) is 50.3 cm³/mol. The third-order valence-corrected chi connectivity index (χ3v) is 1.86. The van der Waals surface area contributed by atoms with Crippen molar-refractivity contribution < 1.29 is 4.74 Å². The van der Waals surface area contributed by atoms with Crippen LogP contribution in [-0.4, -0.2) is 46.3 Å². The van der Waals surface area contributed by atoms with E-state index in [-0.39, 0.29) is 5.95 Å². The molecule has 1 aliphatic rings. The molecule has 2 rings (SSSR count). The molecule has 0 spiro atoms. The third kappa shape index (κ3) is 2.27. The summed E-state index contributed by atoms with van der Waals surface area (Å²) >= 11 is 0. The minimum atomic E-state index is 0.218. The molecule has 0 radical (unpaired) electrons. The van der Waals surface area contributed by atoms with Gasteiger partial charge in [0.2, 0.25) is 11.9 Å². The molecule has 0 aliphatic carbocycles. The van der Waals surface area contributed by atoms with E-state index < -0.39 is 0 Å². The molecule has 7 nitrogen and oxygen atoms in total. The highest BCUT2D eigenvalue weighted by molar-refractivity contribution is 5.27. The fourth-order valence-corrected chi connectivity index (χ4v) is 1.18. The van der Waals surface area contributed by atoms with Crippen LogP contribution in [0.4, 0.5) is 11.9 Å². The van der Waals surface area contributed by atoms with Crippen LogP contribution in [0.15, 0.2) is 6.33 Å². The van der Waals surface area contributed by atoms with Crippen molar-refractivity contribution in [1.82, 2.24) is 20.0 Å². The zero-order valence-electron chi connectivity index (χ0n) is 7.68. The number of nitrogens with one attached hydrogen (secondary N) is 1. The smallest absolute Gasteiger partial charge is 0.242 e. The molecule has 0 amide bonds. The van der Waals surface area contributed by atoms with Gasteiger partial charge < -0.3 is 10.5 Å². The molecule has 3 N–H and O–H groups in total. The molecule has 1 fully saturated rings. The van der Waals surface area contributed by atoms with E-state index in [1.54, 1.807) is 0 Å². The summed E-state index contributed by atoms with van der Waals surface area (Å²) in [6.45, 7) is 3.05. The number of hydrogen-bond donors (Lipinski definition) is 2. The molecule has 14 heavy (non-hydrogen) atoms. The summed E-state index contributed by atoms with van der Waals surface area (Å²) in [6, 6.07) is 0. The van der Waals surface area contributed by atoms with E-state index in [2.05, 4.69) is 20.4 Å². The molecule has 7 heteroatoms. The Labute approximate surface area is 81.3 Å². The lowest BCUT2D eigenvalue weighted by Crippen LogP contribution is -2.40. The van der Waals surface area contributed by atoms with Gasteiger partial charge in [0.1, 0.15) is 6.33 Å². The average Bonchev–Trinajstić information content (AvgIpc) is 2.19. The first-order valence-corrected chi connectivity index (χ1v) is 4.38. The van der Waals surface area contributed by atoms with Crippen LogP contribution < -0.4 is 11.2 Å². The van der Waals surface area contributed by atoms with Crippen LogP contribution in [0.3, 0.4) is 0 Å². The average molecular weight is 196 g/mol. The minimum absolute atomic E-state index is 0.218. The van der Waals surface area contributed by atoms with Gasteiger partial charge in [0.25, 0.3) is 0 Å². The van der Waals surface area contributed by atoms with Gasteiger partial charge in [0.15, 0.2) is 0 Å². The standard InChI is InChI=1S/C7H12N6O/c8-6-9-5-10-7(11-6)12-13-1-3-14-4-2-13/h5H,1-4H2,(H3,8,9,10,11,12). The number of ether oxygens (including phenoxy) is 1. The van der Waals surface area contributed by atoms with Crippen LogP contribution in [0.5, 0.6) is 0 Å². The van der Waals surface area contributed by atoms with Gasteiger partial charge >= 0.3 is 0 Å². The van der Waals surface area contributed by atoms with Gasteiger partial charge in [-0.2, -0.15) is 4.98 Å². The number of nitrogens with two attached hydrogens (primary N) is 1. The van der Waals surface area contributed by atoms with Gasteiger partial charge in [-0.3, -0.25) is 5.43 Å². The Balaban J connectivity index is 1.95. The highest BCUT2D eigenvalue weighted by Gasteiger charge is 2.10. The molecule has 1 aromatic heterocycles. The second-order valence-corrected chi connectivity index (χ2v) is 2.88. The molecule has 0 atom stereocenters. The monoisotopic (exact) mass is 196 g/mol. The van der Waals surface area contributed by atoms with Gasteiger partial charge in [-0.1, -0.05) is 0 Å². The molecule has 0 unspecified atom stereocenters. The van der Waals surface area contributed by atoms with Gasteiger partial charge in [0.05, 0.1) is 13.2 Å². The van der Waals surface area contributed by atoms with Crippen molar-refractivity contribution in [3.05, 3.63) is 6.33 Å². The zero-order valence-corrected chi connectivity index (χ0v) is 7.68. The van der Waals surface area contributed by atoms with E-state index in [1.165, 1.54) is 6.33 Å². The van der Waals surface area contributed by atoms with Crippen LogP contribution in [0, 0.1) is 0 Å². The number of hydrogen-bond acceptors (Lipinski definition) is 7. The lowest BCUT2D eigenvalue weighted by atomic mass is 10.5. The van der Waals surface area contributed by atoms with Crippen LogP contribution in [0.1, 0.15) is 0 Å². The molecule has 1 saturated heterocycles. The number of nitrogen functional groups attached to an aromatic ring is 1. The van der Waals surface area contributed by atoms with Gasteiger partial charge in [-0.15, -0.1) is 0 Å². The Kier molecular flexibility index (Phi) is 2.70. The van der Waals surface area contributed by atoms with Gasteiger partial charge in [-0.05, 0) is 0 Å². The summed E-state index contributed by atoms with van der Waals surface area (Å²) in [5.41, 5.74) is 8.45. The van der Waals surface area contributed by atoms with Crippen molar-refractivity contribution >= 4 is 11.9 Å². The summed E-state index contributed by atoms with van der Waals surface area (Å²) in [5, 5.41) is 1.98. The van der Waals surface area contributed by atoms with E-state index in [0.717, 1.165) is 13.1 Å². The largest absolute Gasteiger partial charge is 0.379 e. The van der Waals surface area contributed by atoms with Crippen molar-refractivity contribution in [3.8, 4) is 0 Å². The van der Waals surface area contributed by atoms with Crippen molar-refractivity contribution in [2.24, 2.45) is 0 Å². The van der Waals surface area contributed by atoms with Crippen molar-refractivity contribution in [2.45, 2.75) is 0 Å². The maximum absolute atomic E-state index is 5.42. The Hall–Kier alpha value is -1.47. The Morgan fingerprint density at radius 1 is 1.36 bits per heavy atom. The summed E-state index contributed by atoms with van der Waals surface area (Å²) in [4.78, 5) is 11.6. The van der Waals surface area contributed by atoms with E-state index in [1.807, 2.05) is 5.01 Å². The maximum atomic E-state index is 5.42. The predicted octanol–water partition coefficient (Wildman–Crippen LogP) is -0.887. The van der Waals surface area contributed by atoms with Crippen LogP contribution in [0.25, 0.3) is 0 Å². The fraction of sp³-hybridized carbons (Fsp3) is 0.571. The molecule has 76 valence electrons. The Morgan fingerprint density at radius 2 is 2.14 bits per heavy atom. The molecular formula is C7H12N6O. The molecule has 1 aliphatic heterocycles. The van der Waals surface area contributed by atoms with Gasteiger partial charge in [0, 0.05) is 13.1 Å². The number of anilines is 2.